The van der Waals surface area contributed by atoms with Crippen LogP contribution in [0.4, 0.5) is 5.82 Å². The molecule has 158 valence electrons. The number of thiophene rings is 1. The SMILES string of the molecule is Cc1cc2c(OC[C@H]3O[C@@H](n4ccc(N)nc4=O)[C@H](O)[C@@H]3O[P+](=O)O)cccc2s1. The third kappa shape index (κ3) is 4.08. The van der Waals surface area contributed by atoms with E-state index in [0.717, 1.165) is 19.5 Å². The molecule has 4 N–H and O–H groups in total. The Morgan fingerprint density at radius 2 is 2.20 bits per heavy atom. The number of nitrogen functional groups attached to an aromatic ring is 1. The second-order valence-corrected chi connectivity index (χ2v) is 8.72. The number of hydrogen-bond donors (Lipinski definition) is 3. The molecule has 1 aliphatic rings. The molecule has 12 heteroatoms. The van der Waals surface area contributed by atoms with Crippen LogP contribution in [0.25, 0.3) is 10.1 Å². The van der Waals surface area contributed by atoms with Crippen molar-refractivity contribution in [3.8, 4) is 5.75 Å². The van der Waals surface area contributed by atoms with Crippen molar-refractivity contribution in [2.75, 3.05) is 12.3 Å². The van der Waals surface area contributed by atoms with E-state index in [9.17, 15) is 19.4 Å². The number of aromatic nitrogens is 2. The van der Waals surface area contributed by atoms with Crippen molar-refractivity contribution in [3.05, 3.63) is 51.9 Å². The Bertz CT molecular complexity index is 1150. The first kappa shape index (κ1) is 20.9. The van der Waals surface area contributed by atoms with Crippen molar-refractivity contribution in [1.29, 1.82) is 0 Å². The molecule has 4 rings (SSSR count). The van der Waals surface area contributed by atoms with Crippen LogP contribution in [-0.4, -0.2) is 44.5 Å². The molecule has 1 aliphatic heterocycles. The van der Waals surface area contributed by atoms with Crippen LogP contribution in [0.2, 0.25) is 0 Å². The van der Waals surface area contributed by atoms with Gasteiger partial charge in [-0.05, 0) is 31.2 Å². The molecule has 30 heavy (non-hydrogen) atoms. The summed E-state index contributed by atoms with van der Waals surface area (Å²) in [5.41, 5.74) is 4.77. The smallest absolute Gasteiger partial charge is 0.490 e. The average molecular weight is 452 g/mol. The van der Waals surface area contributed by atoms with E-state index >= 15 is 0 Å². The monoisotopic (exact) mass is 452 g/mol. The van der Waals surface area contributed by atoms with Crippen LogP contribution < -0.4 is 16.2 Å². The molecule has 0 amide bonds. The van der Waals surface area contributed by atoms with Crippen LogP contribution >= 0.6 is 19.6 Å². The lowest BCUT2D eigenvalue weighted by Crippen LogP contribution is -2.37. The number of fused-ring (bicyclic) bond motifs is 1. The predicted molar refractivity (Wildman–Crippen MR) is 110 cm³/mol. The lowest BCUT2D eigenvalue weighted by molar-refractivity contribution is -0.0509. The highest BCUT2D eigenvalue weighted by molar-refractivity contribution is 7.32. The van der Waals surface area contributed by atoms with Crippen molar-refractivity contribution < 1.29 is 28.6 Å². The normalized spacial score (nSPS) is 24.3. The van der Waals surface area contributed by atoms with Crippen molar-refractivity contribution >= 4 is 35.5 Å². The average Bonchev–Trinajstić information content (AvgIpc) is 3.20. The van der Waals surface area contributed by atoms with Gasteiger partial charge in [0.05, 0.1) is 0 Å². The van der Waals surface area contributed by atoms with Gasteiger partial charge in [-0.3, -0.25) is 4.57 Å². The minimum Gasteiger partial charge on any atom is -0.490 e. The zero-order valence-corrected chi connectivity index (χ0v) is 17.5. The first-order chi connectivity index (χ1) is 14.3. The summed E-state index contributed by atoms with van der Waals surface area (Å²) in [7, 11) is -3.02. The van der Waals surface area contributed by atoms with Gasteiger partial charge in [0, 0.05) is 25.7 Å². The van der Waals surface area contributed by atoms with Gasteiger partial charge in [-0.1, -0.05) is 6.07 Å². The number of hydrogen-bond acceptors (Lipinski definition) is 9. The standard InChI is InChI=1S/C18H18N3O7PS/c1-9-7-10-11(3-2-4-13(10)30-9)26-8-12-16(28-29(24)25)15(22)17(27-12)21-6-5-14(19)20-18(21)23/h2-7,12,15-17,22H,8H2,1H3,(H2-,19,20,23,24,25)/p+1/t12-,15-,16-,17-/m1/s1. The maximum atomic E-state index is 12.1. The summed E-state index contributed by atoms with van der Waals surface area (Å²) < 4.78 is 30.0. The van der Waals surface area contributed by atoms with Gasteiger partial charge in [0.1, 0.15) is 30.4 Å². The summed E-state index contributed by atoms with van der Waals surface area (Å²) in [6.07, 6.45) is -3.38. The molecule has 3 heterocycles. The van der Waals surface area contributed by atoms with Gasteiger partial charge in [-0.2, -0.15) is 4.98 Å². The lowest BCUT2D eigenvalue weighted by atomic mass is 10.1. The Balaban J connectivity index is 1.58. The molecule has 0 radical (unpaired) electrons. The van der Waals surface area contributed by atoms with E-state index in [1.165, 1.54) is 12.3 Å². The Kier molecular flexibility index (Phi) is 5.83. The van der Waals surface area contributed by atoms with Crippen LogP contribution in [0.5, 0.6) is 5.75 Å². The van der Waals surface area contributed by atoms with Crippen LogP contribution in [0.3, 0.4) is 0 Å². The molecular formula is C18H19N3O7PS+. The van der Waals surface area contributed by atoms with Crippen molar-refractivity contribution in [1.82, 2.24) is 9.55 Å². The largest absolute Gasteiger partial charge is 0.695 e. The van der Waals surface area contributed by atoms with Crippen LogP contribution in [0, 0.1) is 6.92 Å². The number of benzene rings is 1. The van der Waals surface area contributed by atoms with Gasteiger partial charge in [-0.15, -0.1) is 20.8 Å². The van der Waals surface area contributed by atoms with E-state index in [1.807, 2.05) is 25.1 Å². The Morgan fingerprint density at radius 1 is 1.40 bits per heavy atom. The van der Waals surface area contributed by atoms with E-state index in [1.54, 1.807) is 17.4 Å². The van der Waals surface area contributed by atoms with Gasteiger partial charge in [-0.25, -0.2) is 4.79 Å². The molecule has 0 saturated carbocycles. The maximum Gasteiger partial charge on any atom is 0.695 e. The number of nitrogens with two attached hydrogens (primary N) is 1. The zero-order chi connectivity index (χ0) is 21.4. The van der Waals surface area contributed by atoms with E-state index in [0.29, 0.717) is 5.75 Å². The Labute approximate surface area is 175 Å². The molecular weight excluding hydrogens is 433 g/mol. The van der Waals surface area contributed by atoms with Gasteiger partial charge in [0.25, 0.3) is 0 Å². The number of aliphatic hydroxyl groups is 1. The molecule has 5 atom stereocenters. The number of ether oxygens (including phenoxy) is 2. The third-order valence-electron chi connectivity index (χ3n) is 4.69. The van der Waals surface area contributed by atoms with Crippen molar-refractivity contribution in [3.63, 3.8) is 0 Å². The summed E-state index contributed by atoms with van der Waals surface area (Å²) >= 11 is 1.63. The Morgan fingerprint density at radius 3 is 2.93 bits per heavy atom. The second kappa shape index (κ2) is 8.38. The molecule has 1 unspecified atom stereocenters. The summed E-state index contributed by atoms with van der Waals surface area (Å²) in [5.74, 6) is 0.630. The second-order valence-electron chi connectivity index (χ2n) is 6.74. The minimum absolute atomic E-state index is 0.0222. The molecule has 2 aromatic heterocycles. The third-order valence-corrected chi connectivity index (χ3v) is 6.13. The molecule has 1 fully saturated rings. The lowest BCUT2D eigenvalue weighted by Gasteiger charge is -2.17. The van der Waals surface area contributed by atoms with Crippen LogP contribution in [0.1, 0.15) is 11.1 Å². The quantitative estimate of drug-likeness (QED) is 0.476. The highest BCUT2D eigenvalue weighted by Gasteiger charge is 2.50. The fraction of sp³-hybridized carbons (Fsp3) is 0.333. The first-order valence-corrected chi connectivity index (χ1v) is 10.9. The molecule has 0 spiro atoms. The number of rotatable bonds is 6. The van der Waals surface area contributed by atoms with Gasteiger partial charge in [0.2, 0.25) is 0 Å². The number of anilines is 1. The fourth-order valence-electron chi connectivity index (χ4n) is 3.40. The first-order valence-electron chi connectivity index (χ1n) is 8.96. The van der Waals surface area contributed by atoms with Crippen LogP contribution in [0.15, 0.2) is 41.3 Å². The molecule has 0 aliphatic carbocycles. The van der Waals surface area contributed by atoms with Crippen LogP contribution in [-0.2, 0) is 13.8 Å². The Hall–Kier alpha value is -2.40. The van der Waals surface area contributed by atoms with Crippen molar-refractivity contribution in [2.24, 2.45) is 0 Å². The fourth-order valence-corrected chi connectivity index (χ4v) is 4.80. The van der Waals surface area contributed by atoms with E-state index < -0.39 is 38.5 Å². The number of aliphatic hydroxyl groups excluding tert-OH is 1. The van der Waals surface area contributed by atoms with E-state index in [2.05, 4.69) is 4.98 Å². The highest BCUT2D eigenvalue weighted by atomic mass is 32.1. The predicted octanol–water partition coefficient (Wildman–Crippen LogP) is 1.72. The highest BCUT2D eigenvalue weighted by Crippen LogP contribution is 2.37. The molecule has 0 bridgehead atoms. The molecule has 1 saturated heterocycles. The zero-order valence-electron chi connectivity index (χ0n) is 15.7. The van der Waals surface area contributed by atoms with Gasteiger partial charge >= 0.3 is 13.9 Å². The van der Waals surface area contributed by atoms with Gasteiger partial charge < -0.3 is 20.3 Å². The van der Waals surface area contributed by atoms with E-state index in [-0.39, 0.29) is 12.4 Å². The minimum atomic E-state index is -3.02. The molecule has 3 aromatic rings. The molecule has 10 nitrogen and oxygen atoms in total. The maximum absolute atomic E-state index is 12.1. The summed E-state index contributed by atoms with van der Waals surface area (Å²) in [4.78, 5) is 26.1. The summed E-state index contributed by atoms with van der Waals surface area (Å²) in [6.45, 7) is 1.92. The van der Waals surface area contributed by atoms with Gasteiger partial charge in [0.15, 0.2) is 12.3 Å². The summed E-state index contributed by atoms with van der Waals surface area (Å²) in [6, 6.07) is 9.02. The number of nitrogens with zero attached hydrogens (tertiary/aromatic N) is 2. The topological polar surface area (TPSA) is 146 Å². The van der Waals surface area contributed by atoms with Crippen molar-refractivity contribution in [2.45, 2.75) is 31.5 Å². The summed E-state index contributed by atoms with van der Waals surface area (Å²) in [5, 5.41) is 11.6. The molecule has 1 aromatic carbocycles. The van der Waals surface area contributed by atoms with E-state index in [4.69, 9.17) is 19.7 Å². The number of aryl methyl sites for hydroxylation is 1.